The minimum Gasteiger partial charge on any atom is -0.504 e. The van der Waals surface area contributed by atoms with Crippen LogP contribution < -0.4 is 4.74 Å². The molecule has 2 fully saturated rings. The third-order valence-electron chi connectivity index (χ3n) is 6.99. The first-order chi connectivity index (χ1) is 14.4. The second-order valence-electron chi connectivity index (χ2n) is 9.24. The molecule has 0 saturated carbocycles. The van der Waals surface area contributed by atoms with Gasteiger partial charge in [0, 0.05) is 30.6 Å². The van der Waals surface area contributed by atoms with E-state index >= 15 is 0 Å². The number of carbonyl (C=O) groups is 1. The van der Waals surface area contributed by atoms with Gasteiger partial charge in [-0.3, -0.25) is 9.89 Å². The number of hydrogen-bond acceptors (Lipinski definition) is 5. The fourth-order valence-electron chi connectivity index (χ4n) is 5.40. The van der Waals surface area contributed by atoms with Gasteiger partial charge in [-0.2, -0.15) is 5.10 Å². The van der Waals surface area contributed by atoms with Crippen molar-refractivity contribution in [1.82, 2.24) is 15.1 Å². The van der Waals surface area contributed by atoms with Crippen molar-refractivity contribution in [2.45, 2.75) is 69.8 Å². The Hall–Kier alpha value is -2.54. The van der Waals surface area contributed by atoms with Gasteiger partial charge in [-0.05, 0) is 51.2 Å². The van der Waals surface area contributed by atoms with Crippen molar-refractivity contribution >= 4 is 5.91 Å². The maximum absolute atomic E-state index is 13.0. The summed E-state index contributed by atoms with van der Waals surface area (Å²) in [5.74, 6) is 1.02. The molecule has 160 valence electrons. The van der Waals surface area contributed by atoms with Crippen LogP contribution in [0.2, 0.25) is 0 Å². The highest BCUT2D eigenvalue weighted by Crippen LogP contribution is 2.54. The maximum atomic E-state index is 13.0. The van der Waals surface area contributed by atoms with Crippen LogP contribution in [0.5, 0.6) is 11.5 Å². The lowest BCUT2D eigenvalue weighted by molar-refractivity contribution is -0.168. The molecule has 2 aromatic rings. The zero-order valence-electron chi connectivity index (χ0n) is 17.5. The smallest absolute Gasteiger partial charge is 0.222 e. The quantitative estimate of drug-likeness (QED) is 0.806. The van der Waals surface area contributed by atoms with Crippen LogP contribution in [0.1, 0.15) is 56.8 Å². The van der Waals surface area contributed by atoms with Crippen molar-refractivity contribution in [3.05, 3.63) is 41.7 Å². The Bertz CT molecular complexity index is 927. The first kappa shape index (κ1) is 19.4. The monoisotopic (exact) mass is 411 g/mol. The van der Waals surface area contributed by atoms with E-state index < -0.39 is 5.60 Å². The average Bonchev–Trinajstić information content (AvgIpc) is 3.37. The molecule has 3 aliphatic rings. The third-order valence-corrected chi connectivity index (χ3v) is 6.99. The molecule has 1 aromatic heterocycles. The van der Waals surface area contributed by atoms with Gasteiger partial charge in [-0.25, -0.2) is 0 Å². The highest BCUT2D eigenvalue weighted by Gasteiger charge is 2.54. The Morgan fingerprint density at radius 2 is 2.27 bits per heavy atom. The molecular formula is C23H29N3O4. The summed E-state index contributed by atoms with van der Waals surface area (Å²) in [4.78, 5) is 15.0. The van der Waals surface area contributed by atoms with Gasteiger partial charge < -0.3 is 19.5 Å². The molecule has 2 saturated heterocycles. The van der Waals surface area contributed by atoms with Gasteiger partial charge in [-0.15, -0.1) is 0 Å². The first-order valence-electron chi connectivity index (χ1n) is 10.9. The number of rotatable bonds is 4. The van der Waals surface area contributed by atoms with Crippen molar-refractivity contribution in [2.24, 2.45) is 5.92 Å². The fraction of sp³-hybridized carbons (Fsp3) is 0.565. The number of H-pyrrole nitrogens is 1. The van der Waals surface area contributed by atoms with Gasteiger partial charge in [-0.1, -0.05) is 12.1 Å². The molecule has 1 aromatic carbocycles. The summed E-state index contributed by atoms with van der Waals surface area (Å²) in [6.07, 6.45) is 7.54. The van der Waals surface area contributed by atoms with E-state index in [-0.39, 0.29) is 35.8 Å². The SMILES string of the molecule is CC1(C)Oc2c(O)cccc2[C@H]2O[C@H]3CCN(C(=O)CCCc4cn[nH]c4)[C@H]3C[C@@H]21. The number of para-hydroxylation sites is 1. The summed E-state index contributed by atoms with van der Waals surface area (Å²) in [5, 5.41) is 17.1. The van der Waals surface area contributed by atoms with Crippen LogP contribution >= 0.6 is 0 Å². The van der Waals surface area contributed by atoms with Gasteiger partial charge >= 0.3 is 0 Å². The predicted molar refractivity (Wildman–Crippen MR) is 110 cm³/mol. The van der Waals surface area contributed by atoms with Gasteiger partial charge in [0.2, 0.25) is 5.91 Å². The number of aromatic hydroxyl groups is 1. The molecule has 7 nitrogen and oxygen atoms in total. The summed E-state index contributed by atoms with van der Waals surface area (Å²) >= 11 is 0. The Morgan fingerprint density at radius 3 is 3.07 bits per heavy atom. The minimum absolute atomic E-state index is 0.0353. The number of fused-ring (bicyclic) bond motifs is 4. The molecule has 7 heteroatoms. The number of amides is 1. The molecule has 4 heterocycles. The molecule has 5 rings (SSSR count). The Labute approximate surface area is 176 Å². The average molecular weight is 412 g/mol. The van der Waals surface area contributed by atoms with E-state index in [2.05, 4.69) is 24.0 Å². The lowest BCUT2D eigenvalue weighted by Gasteiger charge is -2.50. The molecule has 1 amide bonds. The minimum atomic E-state index is -0.486. The molecular weight excluding hydrogens is 382 g/mol. The number of phenols is 1. The zero-order valence-corrected chi connectivity index (χ0v) is 17.5. The fourth-order valence-corrected chi connectivity index (χ4v) is 5.40. The number of phenolic OH excluding ortho intramolecular Hbond substituents is 1. The van der Waals surface area contributed by atoms with Crippen LogP contribution in [0.15, 0.2) is 30.6 Å². The van der Waals surface area contributed by atoms with Crippen molar-refractivity contribution in [3.63, 3.8) is 0 Å². The predicted octanol–water partition coefficient (Wildman–Crippen LogP) is 3.36. The molecule has 3 aliphatic heterocycles. The van der Waals surface area contributed by atoms with Crippen LogP contribution in [0.4, 0.5) is 0 Å². The summed E-state index contributed by atoms with van der Waals surface area (Å²) in [7, 11) is 0. The van der Waals surface area contributed by atoms with Crippen LogP contribution in [-0.4, -0.2) is 50.4 Å². The Morgan fingerprint density at radius 1 is 1.40 bits per heavy atom. The number of aromatic nitrogens is 2. The number of carbonyl (C=O) groups excluding carboxylic acids is 1. The van der Waals surface area contributed by atoms with Crippen molar-refractivity contribution in [2.75, 3.05) is 6.54 Å². The van der Waals surface area contributed by atoms with Gasteiger partial charge in [0.25, 0.3) is 0 Å². The van der Waals surface area contributed by atoms with E-state index in [0.717, 1.165) is 43.4 Å². The molecule has 0 spiro atoms. The number of aromatic amines is 1. The van der Waals surface area contributed by atoms with E-state index in [4.69, 9.17) is 9.47 Å². The number of aryl methyl sites for hydroxylation is 1. The van der Waals surface area contributed by atoms with E-state index in [0.29, 0.717) is 12.2 Å². The van der Waals surface area contributed by atoms with E-state index in [1.807, 2.05) is 29.4 Å². The zero-order chi connectivity index (χ0) is 20.9. The van der Waals surface area contributed by atoms with Gasteiger partial charge in [0.1, 0.15) is 5.60 Å². The van der Waals surface area contributed by atoms with Crippen molar-refractivity contribution in [3.8, 4) is 11.5 Å². The Balaban J connectivity index is 1.30. The molecule has 30 heavy (non-hydrogen) atoms. The second-order valence-corrected chi connectivity index (χ2v) is 9.24. The number of ether oxygens (including phenoxy) is 2. The van der Waals surface area contributed by atoms with Crippen LogP contribution in [0.3, 0.4) is 0 Å². The second kappa shape index (κ2) is 7.30. The number of hydrogen-bond donors (Lipinski definition) is 2. The molecule has 0 aliphatic carbocycles. The summed E-state index contributed by atoms with van der Waals surface area (Å²) in [5.41, 5.74) is 1.57. The largest absolute Gasteiger partial charge is 0.504 e. The van der Waals surface area contributed by atoms with Crippen molar-refractivity contribution in [1.29, 1.82) is 0 Å². The van der Waals surface area contributed by atoms with E-state index in [1.54, 1.807) is 6.07 Å². The standard InChI is InChI=1S/C23H29N3O4/c1-23(2)16-11-17-19(29-21(16)15-6-4-7-18(27)22(15)30-23)9-10-26(17)20(28)8-3-5-14-12-24-25-13-14/h4,6-7,12-13,16-17,19,21,27H,3,5,8-11H2,1-2H3,(H,24,25)/t16-,17-,19-,21+/m0/s1. The van der Waals surface area contributed by atoms with Gasteiger partial charge in [0.15, 0.2) is 11.5 Å². The van der Waals surface area contributed by atoms with Crippen LogP contribution in [0, 0.1) is 5.92 Å². The molecule has 0 bridgehead atoms. The number of nitrogens with zero attached hydrogens (tertiary/aromatic N) is 2. The topological polar surface area (TPSA) is 87.7 Å². The Kier molecular flexibility index (Phi) is 4.73. The summed E-state index contributed by atoms with van der Waals surface area (Å²) in [6, 6.07) is 5.57. The number of nitrogens with one attached hydrogen (secondary N) is 1. The lowest BCUT2D eigenvalue weighted by atomic mass is 9.74. The maximum Gasteiger partial charge on any atom is 0.222 e. The normalized spacial score (nSPS) is 28.9. The molecule has 0 radical (unpaired) electrons. The van der Waals surface area contributed by atoms with Crippen molar-refractivity contribution < 1.29 is 19.4 Å². The summed E-state index contributed by atoms with van der Waals surface area (Å²) < 4.78 is 12.8. The molecule has 0 unspecified atom stereocenters. The van der Waals surface area contributed by atoms with E-state index in [1.165, 1.54) is 0 Å². The molecule has 2 N–H and O–H groups in total. The lowest BCUT2D eigenvalue weighted by Crippen LogP contribution is -2.54. The van der Waals surface area contributed by atoms with Crippen LogP contribution in [-0.2, 0) is 16.0 Å². The first-order valence-corrected chi connectivity index (χ1v) is 10.9. The summed E-state index contributed by atoms with van der Waals surface area (Å²) in [6.45, 7) is 4.85. The number of likely N-dealkylation sites (tertiary alicyclic amines) is 1. The number of benzene rings is 1. The van der Waals surface area contributed by atoms with Crippen LogP contribution in [0.25, 0.3) is 0 Å². The highest BCUT2D eigenvalue weighted by atomic mass is 16.5. The highest BCUT2D eigenvalue weighted by molar-refractivity contribution is 5.77. The third kappa shape index (κ3) is 3.25. The van der Waals surface area contributed by atoms with Gasteiger partial charge in [0.05, 0.1) is 24.4 Å². The van der Waals surface area contributed by atoms with E-state index in [9.17, 15) is 9.90 Å². The molecule has 4 atom stereocenters.